The standard InChI is InChI=1S/C36H42N4O3/c1-42-33-18-26(10-11-32(33)37)39-12-14-40(15-13-39)34-24-16-23-17-25(34)21-36(19-23,20-24)38-35(41)43-22-31-29-8-4-2-6-27(29)28-7-3-5-9-30(28)31/h2-11,18,23-25,31,34H,12-17,19-22,37H2,1H3,(H,38,41). The Morgan fingerprint density at radius 3 is 2.21 bits per heavy atom. The molecular weight excluding hydrogens is 536 g/mol. The Hall–Kier alpha value is -3.71. The molecule has 2 atom stereocenters. The topological polar surface area (TPSA) is 80.1 Å². The van der Waals surface area contributed by atoms with Crippen molar-refractivity contribution in [3.05, 3.63) is 77.9 Å². The summed E-state index contributed by atoms with van der Waals surface area (Å²) in [4.78, 5) is 18.6. The Bertz CT molecular complexity index is 1470. The van der Waals surface area contributed by atoms with E-state index in [0.29, 0.717) is 36.1 Å². The van der Waals surface area contributed by atoms with Crippen molar-refractivity contribution in [1.82, 2.24) is 10.2 Å². The number of carbonyl (C=O) groups is 1. The fourth-order valence-electron chi connectivity index (χ4n) is 9.77. The zero-order valence-corrected chi connectivity index (χ0v) is 25.0. The number of nitrogens with one attached hydrogen (secondary N) is 1. The summed E-state index contributed by atoms with van der Waals surface area (Å²) in [6, 6.07) is 23.8. The van der Waals surface area contributed by atoms with Gasteiger partial charge in [-0.25, -0.2) is 4.79 Å². The van der Waals surface area contributed by atoms with Crippen LogP contribution in [0.4, 0.5) is 16.2 Å². The minimum Gasteiger partial charge on any atom is -0.495 e. The lowest BCUT2D eigenvalue weighted by Crippen LogP contribution is -2.68. The summed E-state index contributed by atoms with van der Waals surface area (Å²) in [5.74, 6) is 2.83. The molecule has 3 N–H and O–H groups in total. The van der Waals surface area contributed by atoms with E-state index in [9.17, 15) is 4.79 Å². The van der Waals surface area contributed by atoms with Crippen LogP contribution in [0.5, 0.6) is 5.75 Å². The normalized spacial score (nSPS) is 29.3. The van der Waals surface area contributed by atoms with E-state index in [0.717, 1.165) is 51.2 Å². The fourth-order valence-corrected chi connectivity index (χ4v) is 9.77. The Labute approximate surface area is 254 Å². The van der Waals surface area contributed by atoms with Gasteiger partial charge in [0.15, 0.2) is 0 Å². The van der Waals surface area contributed by atoms with E-state index >= 15 is 0 Å². The molecule has 224 valence electrons. The highest BCUT2D eigenvalue weighted by molar-refractivity contribution is 5.79. The summed E-state index contributed by atoms with van der Waals surface area (Å²) >= 11 is 0. The molecule has 1 aliphatic heterocycles. The van der Waals surface area contributed by atoms with Gasteiger partial charge in [-0.05, 0) is 84.2 Å². The monoisotopic (exact) mass is 578 g/mol. The number of hydrogen-bond acceptors (Lipinski definition) is 6. The van der Waals surface area contributed by atoms with Gasteiger partial charge in [-0.2, -0.15) is 0 Å². The lowest BCUT2D eigenvalue weighted by atomic mass is 9.50. The average molecular weight is 579 g/mol. The molecule has 2 unspecified atom stereocenters. The Kier molecular flexibility index (Phi) is 6.55. The van der Waals surface area contributed by atoms with Crippen LogP contribution in [0.2, 0.25) is 0 Å². The number of methoxy groups -OCH3 is 1. The van der Waals surface area contributed by atoms with E-state index in [4.69, 9.17) is 15.2 Å². The Balaban J connectivity index is 0.904. The van der Waals surface area contributed by atoms with Crippen LogP contribution in [0.3, 0.4) is 0 Å². The van der Waals surface area contributed by atoms with Crippen LogP contribution in [0.25, 0.3) is 11.1 Å². The second kappa shape index (κ2) is 10.5. The molecule has 7 heteroatoms. The smallest absolute Gasteiger partial charge is 0.407 e. The predicted molar refractivity (Wildman–Crippen MR) is 169 cm³/mol. The quantitative estimate of drug-likeness (QED) is 0.356. The highest BCUT2D eigenvalue weighted by Crippen LogP contribution is 2.57. The number of ether oxygens (including phenoxy) is 2. The lowest BCUT2D eigenvalue weighted by molar-refractivity contribution is -0.0874. The zero-order chi connectivity index (χ0) is 29.1. The van der Waals surface area contributed by atoms with Gasteiger partial charge in [-0.3, -0.25) is 4.90 Å². The first-order valence-electron chi connectivity index (χ1n) is 16.1. The molecule has 9 rings (SSSR count). The number of fused-ring (bicyclic) bond motifs is 3. The van der Waals surface area contributed by atoms with Gasteiger partial charge in [0.05, 0.1) is 12.8 Å². The van der Waals surface area contributed by atoms with Crippen LogP contribution in [-0.2, 0) is 4.74 Å². The molecule has 5 aliphatic carbocycles. The number of amides is 1. The third kappa shape index (κ3) is 4.64. The van der Waals surface area contributed by atoms with Crippen molar-refractivity contribution in [1.29, 1.82) is 0 Å². The number of rotatable bonds is 6. The molecule has 1 saturated heterocycles. The maximum absolute atomic E-state index is 13.4. The minimum atomic E-state index is -0.243. The van der Waals surface area contributed by atoms with Crippen LogP contribution in [-0.4, -0.2) is 62.5 Å². The number of benzene rings is 3. The summed E-state index contributed by atoms with van der Waals surface area (Å²) in [5.41, 5.74) is 12.8. The summed E-state index contributed by atoms with van der Waals surface area (Å²) in [7, 11) is 1.68. The van der Waals surface area contributed by atoms with Crippen LogP contribution >= 0.6 is 0 Å². The van der Waals surface area contributed by atoms with E-state index < -0.39 is 0 Å². The van der Waals surface area contributed by atoms with E-state index in [-0.39, 0.29) is 17.6 Å². The molecule has 43 heavy (non-hydrogen) atoms. The van der Waals surface area contributed by atoms with Crippen molar-refractivity contribution in [3.8, 4) is 16.9 Å². The lowest BCUT2D eigenvalue weighted by Gasteiger charge is -2.62. The molecule has 5 fully saturated rings. The number of hydrogen-bond donors (Lipinski definition) is 2. The average Bonchev–Trinajstić information content (AvgIpc) is 3.33. The number of nitrogens with two attached hydrogens (primary N) is 1. The number of alkyl carbamates (subject to hydrolysis) is 1. The molecule has 7 nitrogen and oxygen atoms in total. The van der Waals surface area contributed by atoms with Crippen molar-refractivity contribution < 1.29 is 14.3 Å². The molecule has 3 aromatic rings. The molecular formula is C36H42N4O3. The van der Waals surface area contributed by atoms with Gasteiger partial charge in [0.25, 0.3) is 0 Å². The highest BCUT2D eigenvalue weighted by Gasteiger charge is 2.57. The highest BCUT2D eigenvalue weighted by atomic mass is 16.5. The predicted octanol–water partition coefficient (Wildman–Crippen LogP) is 5.89. The fraction of sp³-hybridized carbons (Fsp3) is 0.472. The van der Waals surface area contributed by atoms with Crippen LogP contribution < -0.4 is 20.7 Å². The molecule has 4 saturated carbocycles. The van der Waals surface area contributed by atoms with Crippen molar-refractivity contribution in [2.24, 2.45) is 17.8 Å². The number of nitrogens with zero attached hydrogens (tertiary/aromatic N) is 2. The summed E-state index contributed by atoms with van der Waals surface area (Å²) in [6.45, 7) is 4.54. The van der Waals surface area contributed by atoms with Gasteiger partial charge in [0, 0.05) is 55.4 Å². The molecule has 0 radical (unpaired) electrons. The minimum absolute atomic E-state index is 0.0897. The number of nitrogen functional groups attached to an aromatic ring is 1. The van der Waals surface area contributed by atoms with Gasteiger partial charge < -0.3 is 25.4 Å². The number of anilines is 2. The second-order valence-electron chi connectivity index (χ2n) is 13.6. The first-order valence-corrected chi connectivity index (χ1v) is 16.1. The SMILES string of the molecule is COc1cc(N2CCN(C3C4CC5CC3CC(NC(=O)OCC3c6ccccc6-c6ccccc63)(C5)C4)CC2)ccc1N. The van der Waals surface area contributed by atoms with Crippen LogP contribution in [0.1, 0.15) is 49.1 Å². The molecule has 6 aliphatic rings. The maximum Gasteiger partial charge on any atom is 0.407 e. The van der Waals surface area contributed by atoms with Crippen molar-refractivity contribution in [2.75, 3.05) is 50.5 Å². The van der Waals surface area contributed by atoms with E-state index in [1.807, 2.05) is 6.07 Å². The number of piperazine rings is 1. The summed E-state index contributed by atoms with van der Waals surface area (Å²) in [6.07, 6.45) is 5.60. The summed E-state index contributed by atoms with van der Waals surface area (Å²) < 4.78 is 11.5. The first kappa shape index (κ1) is 26.9. The van der Waals surface area contributed by atoms with Crippen molar-refractivity contribution in [3.63, 3.8) is 0 Å². The molecule has 0 aromatic heterocycles. The maximum atomic E-state index is 13.4. The first-order chi connectivity index (χ1) is 21.0. The number of carbonyl (C=O) groups excluding carboxylic acids is 1. The van der Waals surface area contributed by atoms with Gasteiger partial charge in [0.2, 0.25) is 0 Å². The van der Waals surface area contributed by atoms with Crippen molar-refractivity contribution in [2.45, 2.75) is 49.6 Å². The summed E-state index contributed by atoms with van der Waals surface area (Å²) in [5, 5.41) is 3.45. The molecule has 0 spiro atoms. The molecule has 1 amide bonds. The van der Waals surface area contributed by atoms with E-state index in [2.05, 4.69) is 75.8 Å². The van der Waals surface area contributed by atoms with Gasteiger partial charge >= 0.3 is 6.09 Å². The Morgan fingerprint density at radius 2 is 1.56 bits per heavy atom. The third-order valence-electron chi connectivity index (χ3n) is 11.3. The van der Waals surface area contributed by atoms with E-state index in [1.54, 1.807) is 7.11 Å². The second-order valence-corrected chi connectivity index (χ2v) is 13.6. The Morgan fingerprint density at radius 1 is 0.907 bits per heavy atom. The largest absolute Gasteiger partial charge is 0.495 e. The molecule has 4 bridgehead atoms. The molecule has 3 aromatic carbocycles. The van der Waals surface area contributed by atoms with Crippen LogP contribution in [0.15, 0.2) is 66.7 Å². The van der Waals surface area contributed by atoms with E-state index in [1.165, 1.54) is 40.8 Å². The third-order valence-corrected chi connectivity index (χ3v) is 11.3. The van der Waals surface area contributed by atoms with Crippen LogP contribution in [0, 0.1) is 17.8 Å². The van der Waals surface area contributed by atoms with Gasteiger partial charge in [-0.15, -0.1) is 0 Å². The van der Waals surface area contributed by atoms with Gasteiger partial charge in [0.1, 0.15) is 12.4 Å². The molecule has 1 heterocycles. The van der Waals surface area contributed by atoms with Gasteiger partial charge in [-0.1, -0.05) is 48.5 Å². The zero-order valence-electron chi connectivity index (χ0n) is 25.0. The van der Waals surface area contributed by atoms with Crippen molar-refractivity contribution >= 4 is 17.5 Å².